The van der Waals surface area contributed by atoms with Gasteiger partial charge in [-0.3, -0.25) is 9.44 Å². The lowest BCUT2D eigenvalue weighted by atomic mass is 10.1. The number of benzene rings is 4. The van der Waals surface area contributed by atoms with Gasteiger partial charge in [0.1, 0.15) is 11.5 Å². The quantitative estimate of drug-likeness (QED) is 0.253. The highest BCUT2D eigenvalue weighted by Gasteiger charge is 2.25. The van der Waals surface area contributed by atoms with Crippen LogP contribution in [0.2, 0.25) is 0 Å². The molecule has 5 rings (SSSR count). The number of anilines is 2. The Bertz CT molecular complexity index is 1560. The lowest BCUT2D eigenvalue weighted by Gasteiger charge is -2.11. The third-order valence-electron chi connectivity index (χ3n) is 5.74. The summed E-state index contributed by atoms with van der Waals surface area (Å²) in [6.07, 6.45) is 0.352. The van der Waals surface area contributed by atoms with Crippen LogP contribution in [0.4, 0.5) is 11.4 Å². The Kier molecular flexibility index (Phi) is 5.42. The van der Waals surface area contributed by atoms with E-state index in [0.29, 0.717) is 6.42 Å². The maximum atomic E-state index is 12.9. The number of hydrogen-bond donors (Lipinski definition) is 4. The van der Waals surface area contributed by atoms with E-state index < -0.39 is 20.0 Å². The molecule has 35 heavy (non-hydrogen) atoms. The van der Waals surface area contributed by atoms with Crippen LogP contribution < -0.4 is 9.44 Å². The van der Waals surface area contributed by atoms with Crippen LogP contribution in [-0.4, -0.2) is 27.0 Å². The molecule has 8 nitrogen and oxygen atoms in total. The van der Waals surface area contributed by atoms with E-state index in [-0.39, 0.29) is 32.7 Å². The molecule has 1 aliphatic rings. The molecule has 178 valence electrons. The molecule has 0 aliphatic heterocycles. The van der Waals surface area contributed by atoms with Crippen molar-refractivity contribution in [3.63, 3.8) is 0 Å². The first-order valence-corrected chi connectivity index (χ1v) is 13.5. The molecule has 0 spiro atoms. The number of phenolic OH excluding ortho intramolecular Hbond substituents is 2. The van der Waals surface area contributed by atoms with E-state index in [9.17, 15) is 27.0 Å². The number of para-hydroxylation sites is 4. The van der Waals surface area contributed by atoms with Gasteiger partial charge < -0.3 is 10.2 Å². The highest BCUT2D eigenvalue weighted by molar-refractivity contribution is 7.93. The van der Waals surface area contributed by atoms with Crippen LogP contribution in [0, 0.1) is 0 Å². The Labute approximate surface area is 202 Å². The average Bonchev–Trinajstić information content (AvgIpc) is 3.19. The summed E-state index contributed by atoms with van der Waals surface area (Å²) >= 11 is 0. The van der Waals surface area contributed by atoms with Crippen molar-refractivity contribution in [3.05, 3.63) is 96.1 Å². The Morgan fingerprint density at radius 3 is 1.37 bits per heavy atom. The second kappa shape index (κ2) is 8.33. The Balaban J connectivity index is 1.43. The normalized spacial score (nSPS) is 12.6. The molecular formula is C25H20N2O6S2. The monoisotopic (exact) mass is 508 g/mol. The predicted molar refractivity (Wildman–Crippen MR) is 133 cm³/mol. The van der Waals surface area contributed by atoms with Crippen LogP contribution in [0.15, 0.2) is 94.7 Å². The Morgan fingerprint density at radius 2 is 0.971 bits per heavy atom. The summed E-state index contributed by atoms with van der Waals surface area (Å²) in [6.45, 7) is 0. The van der Waals surface area contributed by atoms with Crippen LogP contribution in [0.3, 0.4) is 0 Å². The van der Waals surface area contributed by atoms with E-state index in [1.807, 2.05) is 0 Å². The standard InChI is InChI=1S/C25H20N2O6S2/c28-24-7-3-1-5-22(24)26-34(30,31)18-9-11-20-16(14-18)13-17-15-19(10-12-21(17)20)35(32,33)27-23-6-2-4-8-25(23)29/h1-12,14-15,26-29H,13H2. The first-order valence-electron chi connectivity index (χ1n) is 10.5. The van der Waals surface area contributed by atoms with E-state index in [0.717, 1.165) is 22.3 Å². The van der Waals surface area contributed by atoms with Gasteiger partial charge in [0.25, 0.3) is 20.0 Å². The largest absolute Gasteiger partial charge is 0.506 e. The predicted octanol–water partition coefficient (Wildman–Crippen LogP) is 4.27. The molecule has 4 aromatic carbocycles. The summed E-state index contributed by atoms with van der Waals surface area (Å²) in [7, 11) is -7.91. The topological polar surface area (TPSA) is 133 Å². The van der Waals surface area contributed by atoms with Gasteiger partial charge in [-0.1, -0.05) is 36.4 Å². The van der Waals surface area contributed by atoms with Gasteiger partial charge >= 0.3 is 0 Å². The second-order valence-electron chi connectivity index (χ2n) is 8.06. The summed E-state index contributed by atoms with van der Waals surface area (Å²) in [4.78, 5) is 0.0581. The van der Waals surface area contributed by atoms with Gasteiger partial charge in [-0.15, -0.1) is 0 Å². The van der Waals surface area contributed by atoms with Crippen molar-refractivity contribution >= 4 is 31.4 Å². The molecule has 4 N–H and O–H groups in total. The van der Waals surface area contributed by atoms with Crippen molar-refractivity contribution in [3.8, 4) is 22.6 Å². The minimum Gasteiger partial charge on any atom is -0.506 e. The first-order chi connectivity index (χ1) is 16.6. The van der Waals surface area contributed by atoms with E-state index in [1.54, 1.807) is 48.5 Å². The lowest BCUT2D eigenvalue weighted by molar-refractivity contribution is 0.477. The van der Waals surface area contributed by atoms with Gasteiger partial charge in [0, 0.05) is 0 Å². The van der Waals surface area contributed by atoms with E-state index in [1.165, 1.54) is 36.4 Å². The average molecular weight is 509 g/mol. The van der Waals surface area contributed by atoms with Gasteiger partial charge in [0.05, 0.1) is 21.2 Å². The third-order valence-corrected chi connectivity index (χ3v) is 8.47. The van der Waals surface area contributed by atoms with Gasteiger partial charge in [0.2, 0.25) is 0 Å². The minimum atomic E-state index is -3.95. The van der Waals surface area contributed by atoms with Gasteiger partial charge in [-0.05, 0) is 77.2 Å². The van der Waals surface area contributed by atoms with E-state index in [4.69, 9.17) is 0 Å². The van der Waals surface area contributed by atoms with Crippen molar-refractivity contribution in [1.29, 1.82) is 0 Å². The Hall–Kier alpha value is -4.02. The molecule has 0 bridgehead atoms. The third kappa shape index (κ3) is 4.29. The zero-order valence-electron chi connectivity index (χ0n) is 18.1. The fourth-order valence-corrected chi connectivity index (χ4v) is 6.27. The molecule has 4 aromatic rings. The molecule has 1 aliphatic carbocycles. The SMILES string of the molecule is O=S(=O)(Nc1ccccc1O)c1ccc2c(c1)Cc1cc(S(=O)(=O)Nc3ccccc3O)ccc1-2. The van der Waals surface area contributed by atoms with E-state index in [2.05, 4.69) is 9.44 Å². The molecule has 0 saturated carbocycles. The molecule has 0 radical (unpaired) electrons. The maximum Gasteiger partial charge on any atom is 0.262 e. The molecule has 0 saturated heterocycles. The first kappa shape index (κ1) is 22.8. The molecule has 0 amide bonds. The number of sulfonamides is 2. The zero-order chi connectivity index (χ0) is 24.8. The summed E-state index contributed by atoms with van der Waals surface area (Å²) < 4.78 is 56.3. The lowest BCUT2D eigenvalue weighted by Crippen LogP contribution is -2.13. The van der Waals surface area contributed by atoms with Gasteiger partial charge in [0.15, 0.2) is 0 Å². The van der Waals surface area contributed by atoms with Crippen LogP contribution >= 0.6 is 0 Å². The molecule has 0 heterocycles. The van der Waals surface area contributed by atoms with E-state index >= 15 is 0 Å². The smallest absolute Gasteiger partial charge is 0.262 e. The van der Waals surface area contributed by atoms with Crippen molar-refractivity contribution in [2.24, 2.45) is 0 Å². The number of phenols is 2. The molecule has 0 unspecified atom stereocenters. The van der Waals surface area contributed by atoms with Crippen LogP contribution in [0.5, 0.6) is 11.5 Å². The number of aromatic hydroxyl groups is 2. The van der Waals surface area contributed by atoms with Crippen molar-refractivity contribution in [2.45, 2.75) is 16.2 Å². The molecular weight excluding hydrogens is 488 g/mol. The van der Waals surface area contributed by atoms with Gasteiger partial charge in [-0.25, -0.2) is 16.8 Å². The summed E-state index contributed by atoms with van der Waals surface area (Å²) in [5, 5.41) is 19.8. The van der Waals surface area contributed by atoms with Crippen LogP contribution in [0.1, 0.15) is 11.1 Å². The molecule has 0 atom stereocenters. The summed E-state index contributed by atoms with van der Waals surface area (Å²) in [6, 6.07) is 21.5. The molecule has 0 fully saturated rings. The second-order valence-corrected chi connectivity index (χ2v) is 11.4. The van der Waals surface area contributed by atoms with Crippen LogP contribution in [-0.2, 0) is 26.5 Å². The van der Waals surface area contributed by atoms with Crippen molar-refractivity contribution in [1.82, 2.24) is 0 Å². The van der Waals surface area contributed by atoms with Crippen LogP contribution in [0.25, 0.3) is 11.1 Å². The highest BCUT2D eigenvalue weighted by Crippen LogP contribution is 2.39. The number of rotatable bonds is 6. The van der Waals surface area contributed by atoms with Crippen molar-refractivity contribution in [2.75, 3.05) is 9.44 Å². The summed E-state index contributed by atoms with van der Waals surface area (Å²) in [5.74, 6) is -0.369. The summed E-state index contributed by atoms with van der Waals surface area (Å²) in [5.41, 5.74) is 3.26. The Morgan fingerprint density at radius 1 is 0.571 bits per heavy atom. The number of nitrogens with one attached hydrogen (secondary N) is 2. The number of hydrogen-bond acceptors (Lipinski definition) is 6. The number of fused-ring (bicyclic) bond motifs is 3. The minimum absolute atomic E-state index is 0.0290. The zero-order valence-corrected chi connectivity index (χ0v) is 19.8. The van der Waals surface area contributed by atoms with Gasteiger partial charge in [-0.2, -0.15) is 0 Å². The van der Waals surface area contributed by atoms with Crippen molar-refractivity contribution < 1.29 is 27.0 Å². The molecule has 0 aromatic heterocycles. The maximum absolute atomic E-state index is 12.9. The fourth-order valence-electron chi connectivity index (χ4n) is 4.02. The highest BCUT2D eigenvalue weighted by atomic mass is 32.2. The molecule has 10 heteroatoms. The fraction of sp³-hybridized carbons (Fsp3) is 0.0400.